The van der Waals surface area contributed by atoms with Gasteiger partial charge in [-0.25, -0.2) is 4.98 Å². The first kappa shape index (κ1) is 17.6. The molecule has 6 heteroatoms. The minimum absolute atomic E-state index is 0.555. The fourth-order valence-corrected chi connectivity index (χ4v) is 3.33. The Bertz CT molecular complexity index is 874. The van der Waals surface area contributed by atoms with E-state index in [2.05, 4.69) is 49.8 Å². The maximum atomic E-state index is 5.92. The Labute approximate surface area is 164 Å². The van der Waals surface area contributed by atoms with Gasteiger partial charge >= 0.3 is 0 Å². The first-order chi connectivity index (χ1) is 13.3. The molecule has 1 aliphatic rings. The minimum Gasteiger partial charge on any atom is -0.372 e. The van der Waals surface area contributed by atoms with Crippen molar-refractivity contribution in [3.63, 3.8) is 0 Å². The zero-order valence-corrected chi connectivity index (χ0v) is 15.8. The van der Waals surface area contributed by atoms with Crippen molar-refractivity contribution in [3.8, 4) is 0 Å². The van der Waals surface area contributed by atoms with Crippen molar-refractivity contribution in [1.82, 2.24) is 9.97 Å². The Morgan fingerprint density at radius 1 is 0.778 bits per heavy atom. The highest BCUT2D eigenvalue weighted by Gasteiger charge is 2.10. The van der Waals surface area contributed by atoms with Crippen LogP contribution in [-0.4, -0.2) is 23.1 Å². The predicted octanol–water partition coefficient (Wildman–Crippen LogP) is 5.61. The molecule has 2 aromatic carbocycles. The average molecular weight is 380 g/mol. The number of rotatable bonds is 5. The van der Waals surface area contributed by atoms with Gasteiger partial charge in [-0.15, -0.1) is 0 Å². The van der Waals surface area contributed by atoms with E-state index in [-0.39, 0.29) is 0 Å². The maximum absolute atomic E-state index is 5.92. The van der Waals surface area contributed by atoms with Crippen LogP contribution < -0.4 is 15.5 Å². The lowest BCUT2D eigenvalue weighted by molar-refractivity contribution is 0.578. The molecular weight excluding hydrogens is 358 g/mol. The second kappa shape index (κ2) is 8.27. The molecule has 0 radical (unpaired) electrons. The zero-order chi connectivity index (χ0) is 18.5. The first-order valence-corrected chi connectivity index (χ1v) is 9.62. The monoisotopic (exact) mass is 379 g/mol. The van der Waals surface area contributed by atoms with Crippen molar-refractivity contribution in [2.45, 2.75) is 19.3 Å². The van der Waals surface area contributed by atoms with Gasteiger partial charge in [-0.2, -0.15) is 4.98 Å². The van der Waals surface area contributed by atoms with Crippen LogP contribution in [0.3, 0.4) is 0 Å². The van der Waals surface area contributed by atoms with Crippen molar-refractivity contribution in [1.29, 1.82) is 0 Å². The largest absolute Gasteiger partial charge is 0.372 e. The second-order valence-electron chi connectivity index (χ2n) is 6.62. The molecule has 5 nitrogen and oxygen atoms in total. The van der Waals surface area contributed by atoms with Crippen molar-refractivity contribution >= 4 is 40.4 Å². The van der Waals surface area contributed by atoms with E-state index in [1.54, 1.807) is 6.20 Å². The van der Waals surface area contributed by atoms with E-state index in [1.165, 1.54) is 24.9 Å². The lowest BCUT2D eigenvalue weighted by Gasteiger charge is -2.28. The third-order valence-corrected chi connectivity index (χ3v) is 4.87. The van der Waals surface area contributed by atoms with Gasteiger partial charge in [0.2, 0.25) is 5.95 Å². The number of aromatic nitrogens is 2. The Kier molecular flexibility index (Phi) is 5.39. The van der Waals surface area contributed by atoms with E-state index in [9.17, 15) is 0 Å². The van der Waals surface area contributed by atoms with Gasteiger partial charge in [0.25, 0.3) is 0 Å². The maximum Gasteiger partial charge on any atom is 0.229 e. The topological polar surface area (TPSA) is 53.1 Å². The quantitative estimate of drug-likeness (QED) is 0.603. The van der Waals surface area contributed by atoms with Gasteiger partial charge in [0.05, 0.1) is 0 Å². The molecule has 3 aromatic rings. The Morgan fingerprint density at radius 2 is 1.44 bits per heavy atom. The summed E-state index contributed by atoms with van der Waals surface area (Å²) in [6, 6.07) is 17.8. The van der Waals surface area contributed by atoms with E-state index in [1.807, 2.05) is 30.3 Å². The van der Waals surface area contributed by atoms with Gasteiger partial charge in [-0.1, -0.05) is 11.6 Å². The fraction of sp³-hybridized carbons (Fsp3) is 0.238. The van der Waals surface area contributed by atoms with Crippen LogP contribution in [0.15, 0.2) is 60.8 Å². The molecule has 0 aliphatic carbocycles. The molecule has 1 fully saturated rings. The SMILES string of the molecule is Clc1ccc(Nc2ccnc(Nc3ccc(N4CCCCC4)cc3)n2)cc1. The number of anilines is 5. The normalized spacial score (nSPS) is 14.0. The third kappa shape index (κ3) is 4.68. The van der Waals surface area contributed by atoms with E-state index in [0.717, 1.165) is 30.3 Å². The smallest absolute Gasteiger partial charge is 0.229 e. The number of nitrogens with one attached hydrogen (secondary N) is 2. The number of benzene rings is 2. The molecule has 1 saturated heterocycles. The van der Waals surface area contributed by atoms with Gasteiger partial charge in [-0.3, -0.25) is 0 Å². The number of hydrogen-bond acceptors (Lipinski definition) is 5. The van der Waals surface area contributed by atoms with E-state index in [4.69, 9.17) is 11.6 Å². The molecule has 0 saturated carbocycles. The van der Waals surface area contributed by atoms with Gasteiger partial charge in [-0.05, 0) is 73.9 Å². The molecule has 0 atom stereocenters. The lowest BCUT2D eigenvalue weighted by atomic mass is 10.1. The Balaban J connectivity index is 1.42. The van der Waals surface area contributed by atoms with E-state index < -0.39 is 0 Å². The molecule has 1 aliphatic heterocycles. The summed E-state index contributed by atoms with van der Waals surface area (Å²) in [5.74, 6) is 1.28. The van der Waals surface area contributed by atoms with Crippen molar-refractivity contribution in [2.24, 2.45) is 0 Å². The Morgan fingerprint density at radius 3 is 2.19 bits per heavy atom. The average Bonchev–Trinajstić information content (AvgIpc) is 2.71. The summed E-state index contributed by atoms with van der Waals surface area (Å²) in [5.41, 5.74) is 3.17. The molecule has 0 unspecified atom stereocenters. The van der Waals surface area contributed by atoms with Gasteiger partial charge in [0.1, 0.15) is 5.82 Å². The highest BCUT2D eigenvalue weighted by atomic mass is 35.5. The van der Waals surface area contributed by atoms with E-state index in [0.29, 0.717) is 11.0 Å². The number of halogens is 1. The van der Waals surface area contributed by atoms with Crippen LogP contribution in [0.4, 0.5) is 28.8 Å². The zero-order valence-electron chi connectivity index (χ0n) is 15.0. The molecule has 2 heterocycles. The van der Waals surface area contributed by atoms with Crippen LogP contribution in [0.2, 0.25) is 5.02 Å². The van der Waals surface area contributed by atoms with Crippen molar-refractivity contribution in [3.05, 3.63) is 65.8 Å². The van der Waals surface area contributed by atoms with Gasteiger partial charge < -0.3 is 15.5 Å². The summed E-state index contributed by atoms with van der Waals surface area (Å²) in [6.45, 7) is 2.29. The molecule has 1 aromatic heterocycles. The molecule has 0 spiro atoms. The number of hydrogen-bond donors (Lipinski definition) is 2. The van der Waals surface area contributed by atoms with Gasteiger partial charge in [0, 0.05) is 41.4 Å². The molecule has 27 heavy (non-hydrogen) atoms. The summed E-state index contributed by atoms with van der Waals surface area (Å²) in [5, 5.41) is 7.23. The summed E-state index contributed by atoms with van der Waals surface area (Å²) < 4.78 is 0. The summed E-state index contributed by atoms with van der Waals surface area (Å²) in [6.07, 6.45) is 5.63. The van der Waals surface area contributed by atoms with Gasteiger partial charge in [0.15, 0.2) is 0 Å². The molecule has 0 amide bonds. The first-order valence-electron chi connectivity index (χ1n) is 9.24. The standard InChI is InChI=1S/C21H22ClN5/c22-16-4-6-17(7-5-16)24-20-12-13-23-21(26-20)25-18-8-10-19(11-9-18)27-14-2-1-3-15-27/h4-13H,1-3,14-15H2,(H2,23,24,25,26). The minimum atomic E-state index is 0.555. The highest BCUT2D eigenvalue weighted by Crippen LogP contribution is 2.23. The number of nitrogens with zero attached hydrogens (tertiary/aromatic N) is 3. The third-order valence-electron chi connectivity index (χ3n) is 4.62. The van der Waals surface area contributed by atoms with E-state index >= 15 is 0 Å². The fourth-order valence-electron chi connectivity index (χ4n) is 3.21. The summed E-state index contributed by atoms with van der Waals surface area (Å²) in [4.78, 5) is 11.3. The van der Waals surface area contributed by atoms with Crippen LogP contribution in [0, 0.1) is 0 Å². The molecular formula is C21H22ClN5. The Hall–Kier alpha value is -2.79. The van der Waals surface area contributed by atoms with Crippen LogP contribution in [-0.2, 0) is 0 Å². The molecule has 2 N–H and O–H groups in total. The summed E-state index contributed by atoms with van der Waals surface area (Å²) >= 11 is 5.92. The van der Waals surface area contributed by atoms with Crippen LogP contribution in [0.25, 0.3) is 0 Å². The van der Waals surface area contributed by atoms with Crippen molar-refractivity contribution < 1.29 is 0 Å². The predicted molar refractivity (Wildman–Crippen MR) is 113 cm³/mol. The summed E-state index contributed by atoms with van der Waals surface area (Å²) in [7, 11) is 0. The van der Waals surface area contributed by atoms with Crippen LogP contribution >= 0.6 is 11.6 Å². The number of piperidine rings is 1. The van der Waals surface area contributed by atoms with Crippen LogP contribution in [0.5, 0.6) is 0 Å². The molecule has 138 valence electrons. The second-order valence-corrected chi connectivity index (χ2v) is 7.05. The lowest BCUT2D eigenvalue weighted by Crippen LogP contribution is -2.29. The molecule has 0 bridgehead atoms. The van der Waals surface area contributed by atoms with Crippen molar-refractivity contribution in [2.75, 3.05) is 28.6 Å². The highest BCUT2D eigenvalue weighted by molar-refractivity contribution is 6.30. The van der Waals surface area contributed by atoms with Crippen LogP contribution in [0.1, 0.15) is 19.3 Å². The molecule has 4 rings (SSSR count).